The van der Waals surface area contributed by atoms with E-state index in [2.05, 4.69) is 29.2 Å². The number of carbonyl (C=O) groups excluding carboxylic acids is 1. The van der Waals surface area contributed by atoms with E-state index in [1.807, 2.05) is 17.5 Å². The van der Waals surface area contributed by atoms with Gasteiger partial charge in [0, 0.05) is 25.7 Å². The predicted molar refractivity (Wildman–Crippen MR) is 96.2 cm³/mol. The fourth-order valence-electron chi connectivity index (χ4n) is 3.49. The standard InChI is InChI=1S/C18H25N3O2S/c1-13-9-14(2)12-21(11-13)7-4-6-19-18(22)16-10-15(20-23-16)17-5-3-8-24-17/h3,5,8,10,13-14H,4,6-7,9,11-12H2,1-2H3,(H,19,22)/t13-,14-/m1/s1. The van der Waals surface area contributed by atoms with E-state index < -0.39 is 0 Å². The summed E-state index contributed by atoms with van der Waals surface area (Å²) in [6, 6.07) is 5.62. The zero-order chi connectivity index (χ0) is 16.9. The van der Waals surface area contributed by atoms with Gasteiger partial charge in [0.25, 0.3) is 5.91 Å². The molecule has 3 heterocycles. The third-order valence-corrected chi connectivity index (χ3v) is 5.28. The minimum absolute atomic E-state index is 0.189. The fraction of sp³-hybridized carbons (Fsp3) is 0.556. The van der Waals surface area contributed by atoms with E-state index in [1.54, 1.807) is 17.4 Å². The van der Waals surface area contributed by atoms with Gasteiger partial charge in [0.15, 0.2) is 0 Å². The largest absolute Gasteiger partial charge is 0.350 e. The van der Waals surface area contributed by atoms with Crippen molar-refractivity contribution in [2.24, 2.45) is 11.8 Å². The molecule has 0 unspecified atom stereocenters. The second-order valence-corrected chi connectivity index (χ2v) is 7.82. The number of carbonyl (C=O) groups is 1. The molecule has 6 heteroatoms. The molecule has 0 aromatic carbocycles. The van der Waals surface area contributed by atoms with Gasteiger partial charge in [-0.1, -0.05) is 25.1 Å². The Bertz CT molecular complexity index is 643. The second-order valence-electron chi connectivity index (χ2n) is 6.87. The van der Waals surface area contributed by atoms with Gasteiger partial charge in [0.1, 0.15) is 5.69 Å². The lowest BCUT2D eigenvalue weighted by molar-refractivity contribution is 0.0911. The molecule has 1 N–H and O–H groups in total. The highest BCUT2D eigenvalue weighted by atomic mass is 32.1. The Labute approximate surface area is 147 Å². The summed E-state index contributed by atoms with van der Waals surface area (Å²) in [5.74, 6) is 1.63. The van der Waals surface area contributed by atoms with Crippen LogP contribution in [-0.2, 0) is 0 Å². The van der Waals surface area contributed by atoms with Crippen LogP contribution in [0.15, 0.2) is 28.1 Å². The molecule has 2 aromatic rings. The lowest BCUT2D eigenvalue weighted by Gasteiger charge is -2.34. The molecule has 1 saturated heterocycles. The van der Waals surface area contributed by atoms with Crippen LogP contribution in [0.3, 0.4) is 0 Å². The zero-order valence-corrected chi connectivity index (χ0v) is 15.1. The third kappa shape index (κ3) is 4.45. The highest BCUT2D eigenvalue weighted by Gasteiger charge is 2.21. The molecule has 1 fully saturated rings. The second kappa shape index (κ2) is 7.94. The lowest BCUT2D eigenvalue weighted by Crippen LogP contribution is -2.40. The van der Waals surface area contributed by atoms with Crippen molar-refractivity contribution in [1.82, 2.24) is 15.4 Å². The Morgan fingerprint density at radius 2 is 2.21 bits per heavy atom. The number of hydrogen-bond donors (Lipinski definition) is 1. The monoisotopic (exact) mass is 347 g/mol. The first kappa shape index (κ1) is 17.2. The summed E-state index contributed by atoms with van der Waals surface area (Å²) in [6.07, 6.45) is 2.28. The van der Waals surface area contributed by atoms with E-state index >= 15 is 0 Å². The predicted octanol–water partition coefficient (Wildman–Crippen LogP) is 3.50. The van der Waals surface area contributed by atoms with Gasteiger partial charge in [-0.2, -0.15) is 0 Å². The number of hydrogen-bond acceptors (Lipinski definition) is 5. The van der Waals surface area contributed by atoms with Gasteiger partial charge in [-0.15, -0.1) is 11.3 Å². The molecule has 0 spiro atoms. The maximum absolute atomic E-state index is 12.1. The molecule has 0 bridgehead atoms. The molecule has 2 aromatic heterocycles. The lowest BCUT2D eigenvalue weighted by atomic mass is 9.92. The van der Waals surface area contributed by atoms with E-state index in [-0.39, 0.29) is 11.7 Å². The maximum atomic E-state index is 12.1. The maximum Gasteiger partial charge on any atom is 0.289 e. The smallest absolute Gasteiger partial charge is 0.289 e. The van der Waals surface area contributed by atoms with Crippen molar-refractivity contribution >= 4 is 17.2 Å². The molecule has 5 nitrogen and oxygen atoms in total. The minimum Gasteiger partial charge on any atom is -0.350 e. The topological polar surface area (TPSA) is 58.4 Å². The number of rotatable bonds is 6. The Balaban J connectivity index is 1.41. The van der Waals surface area contributed by atoms with Crippen LogP contribution in [0, 0.1) is 11.8 Å². The average molecular weight is 347 g/mol. The first-order valence-electron chi connectivity index (χ1n) is 8.63. The number of amides is 1. The number of piperidine rings is 1. The number of thiophene rings is 1. The van der Waals surface area contributed by atoms with Gasteiger partial charge in [0.05, 0.1) is 4.88 Å². The van der Waals surface area contributed by atoms with E-state index in [9.17, 15) is 4.79 Å². The molecule has 130 valence electrons. The van der Waals surface area contributed by atoms with Crippen LogP contribution in [0.2, 0.25) is 0 Å². The highest BCUT2D eigenvalue weighted by molar-refractivity contribution is 7.13. The normalized spacial score (nSPS) is 21.8. The van der Waals surface area contributed by atoms with Crippen molar-refractivity contribution in [3.8, 4) is 10.6 Å². The van der Waals surface area contributed by atoms with Gasteiger partial charge in [-0.3, -0.25) is 4.79 Å². The van der Waals surface area contributed by atoms with Crippen molar-refractivity contribution in [3.63, 3.8) is 0 Å². The van der Waals surface area contributed by atoms with Gasteiger partial charge >= 0.3 is 0 Å². The summed E-state index contributed by atoms with van der Waals surface area (Å²) in [4.78, 5) is 15.6. The summed E-state index contributed by atoms with van der Waals surface area (Å²) < 4.78 is 5.16. The Morgan fingerprint density at radius 3 is 2.92 bits per heavy atom. The van der Waals surface area contributed by atoms with E-state index in [4.69, 9.17) is 4.52 Å². The molecule has 1 aliphatic rings. The molecule has 24 heavy (non-hydrogen) atoms. The van der Waals surface area contributed by atoms with Crippen LogP contribution in [0.5, 0.6) is 0 Å². The van der Waals surface area contributed by atoms with Crippen molar-refractivity contribution < 1.29 is 9.32 Å². The number of likely N-dealkylation sites (tertiary alicyclic amines) is 1. The van der Waals surface area contributed by atoms with Crippen molar-refractivity contribution in [2.45, 2.75) is 26.7 Å². The number of nitrogens with zero attached hydrogens (tertiary/aromatic N) is 2. The Kier molecular flexibility index (Phi) is 5.68. The molecular formula is C18H25N3O2S. The minimum atomic E-state index is -0.189. The molecular weight excluding hydrogens is 322 g/mol. The molecule has 0 saturated carbocycles. The van der Waals surface area contributed by atoms with E-state index in [1.165, 1.54) is 19.5 Å². The summed E-state index contributed by atoms with van der Waals surface area (Å²) >= 11 is 1.58. The summed E-state index contributed by atoms with van der Waals surface area (Å²) in [7, 11) is 0. The van der Waals surface area contributed by atoms with Crippen LogP contribution in [0.1, 0.15) is 37.2 Å². The molecule has 0 aliphatic carbocycles. The molecule has 1 aliphatic heterocycles. The number of nitrogens with one attached hydrogen (secondary N) is 1. The molecule has 1 amide bonds. The van der Waals surface area contributed by atoms with Crippen molar-refractivity contribution in [2.75, 3.05) is 26.2 Å². The first-order valence-corrected chi connectivity index (χ1v) is 9.51. The number of aromatic nitrogens is 1. The van der Waals surface area contributed by atoms with Crippen molar-refractivity contribution in [3.05, 3.63) is 29.3 Å². The van der Waals surface area contributed by atoms with Crippen LogP contribution in [0.4, 0.5) is 0 Å². The highest BCUT2D eigenvalue weighted by Crippen LogP contribution is 2.24. The van der Waals surface area contributed by atoms with Gasteiger partial charge in [-0.05, 0) is 42.7 Å². The summed E-state index contributed by atoms with van der Waals surface area (Å²) in [5, 5.41) is 8.87. The molecule has 2 atom stereocenters. The van der Waals surface area contributed by atoms with E-state index in [0.717, 1.165) is 29.7 Å². The molecule has 3 rings (SSSR count). The Hall–Kier alpha value is -1.66. The van der Waals surface area contributed by atoms with Gasteiger partial charge in [-0.25, -0.2) is 0 Å². The SMILES string of the molecule is C[C@@H]1C[C@@H](C)CN(CCCNC(=O)c2cc(-c3cccs3)no2)C1. The average Bonchev–Trinajstić information content (AvgIpc) is 3.20. The quantitative estimate of drug-likeness (QED) is 0.813. The Morgan fingerprint density at radius 1 is 1.42 bits per heavy atom. The molecule has 0 radical (unpaired) electrons. The van der Waals surface area contributed by atoms with Crippen molar-refractivity contribution in [1.29, 1.82) is 0 Å². The van der Waals surface area contributed by atoms with Crippen LogP contribution in [-0.4, -0.2) is 42.1 Å². The van der Waals surface area contributed by atoms with Crippen LogP contribution < -0.4 is 5.32 Å². The summed E-state index contributed by atoms with van der Waals surface area (Å²) in [6.45, 7) is 8.67. The fourth-order valence-corrected chi connectivity index (χ4v) is 4.17. The third-order valence-electron chi connectivity index (χ3n) is 4.39. The van der Waals surface area contributed by atoms with Crippen LogP contribution in [0.25, 0.3) is 10.6 Å². The first-order chi connectivity index (χ1) is 11.6. The van der Waals surface area contributed by atoms with Crippen LogP contribution >= 0.6 is 11.3 Å². The van der Waals surface area contributed by atoms with Gasteiger partial charge in [0.2, 0.25) is 5.76 Å². The zero-order valence-electron chi connectivity index (χ0n) is 14.3. The van der Waals surface area contributed by atoms with Gasteiger partial charge < -0.3 is 14.7 Å². The summed E-state index contributed by atoms with van der Waals surface area (Å²) in [5.41, 5.74) is 0.714. The van der Waals surface area contributed by atoms with E-state index in [0.29, 0.717) is 12.2 Å².